The van der Waals surface area contributed by atoms with Crippen LogP contribution in [0.5, 0.6) is 0 Å². The molecule has 8 heteroatoms. The Morgan fingerprint density at radius 2 is 1.83 bits per heavy atom. The lowest BCUT2D eigenvalue weighted by Crippen LogP contribution is -2.28. The number of anilines is 1. The van der Waals surface area contributed by atoms with Crippen LogP contribution in [-0.2, 0) is 14.3 Å². The Bertz CT molecular complexity index is 1110. The van der Waals surface area contributed by atoms with Crippen LogP contribution in [0.1, 0.15) is 0 Å². The third-order valence-corrected chi connectivity index (χ3v) is 5.10. The summed E-state index contributed by atoms with van der Waals surface area (Å²) in [4.78, 5) is 30.8. The number of nitrogens with zero attached hydrogens (tertiary/aromatic N) is 3. The van der Waals surface area contributed by atoms with Crippen molar-refractivity contribution in [3.63, 3.8) is 0 Å². The molecule has 0 atom stereocenters. The number of para-hydroxylation sites is 1. The van der Waals surface area contributed by atoms with E-state index in [0.717, 1.165) is 23.0 Å². The Morgan fingerprint density at radius 3 is 2.52 bits per heavy atom. The number of aromatic amines is 1. The molecule has 0 aliphatic carbocycles. The van der Waals surface area contributed by atoms with Crippen molar-refractivity contribution in [1.82, 2.24) is 10.2 Å². The lowest BCUT2D eigenvalue weighted by atomic mass is 10.2. The number of amides is 1. The summed E-state index contributed by atoms with van der Waals surface area (Å²) < 4.78 is 4.65. The molecule has 2 heterocycles. The van der Waals surface area contributed by atoms with Crippen LogP contribution in [0, 0.1) is 0 Å². The highest BCUT2D eigenvalue weighted by molar-refractivity contribution is 8.19. The number of hydrogen-bond donors (Lipinski definition) is 1. The van der Waals surface area contributed by atoms with Crippen molar-refractivity contribution < 1.29 is 14.3 Å². The van der Waals surface area contributed by atoms with E-state index >= 15 is 0 Å². The molecule has 1 fully saturated rings. The molecule has 1 aliphatic heterocycles. The maximum atomic E-state index is 12.9. The monoisotopic (exact) mass is 404 g/mol. The third kappa shape index (κ3) is 3.97. The fourth-order valence-corrected chi connectivity index (χ4v) is 3.70. The maximum Gasteiger partial charge on any atom is 0.331 e. The standard InChI is InChI=1S/C21H16N4O3S/c1-28-19(26)13-17-20(27)25(15-10-6-3-7-11-15)21(29-17)22-18-12-16(23-24-18)14-8-4-2-5-9-14/h2-13H,1H3,(H,23,24)/b17-13-,22-21?. The van der Waals surface area contributed by atoms with Gasteiger partial charge in [0, 0.05) is 12.1 Å². The number of rotatable bonds is 4. The van der Waals surface area contributed by atoms with Gasteiger partial charge in [-0.3, -0.25) is 14.8 Å². The second-order valence-corrected chi connectivity index (χ2v) is 7.02. The van der Waals surface area contributed by atoms with Gasteiger partial charge in [0.05, 0.1) is 23.4 Å². The molecule has 29 heavy (non-hydrogen) atoms. The van der Waals surface area contributed by atoms with Crippen molar-refractivity contribution in [3.8, 4) is 11.3 Å². The van der Waals surface area contributed by atoms with Gasteiger partial charge in [-0.15, -0.1) is 0 Å². The molecule has 2 aromatic carbocycles. The van der Waals surface area contributed by atoms with E-state index in [4.69, 9.17) is 0 Å². The van der Waals surface area contributed by atoms with Gasteiger partial charge in [-0.1, -0.05) is 48.5 Å². The average Bonchev–Trinajstić information content (AvgIpc) is 3.34. The van der Waals surface area contributed by atoms with Gasteiger partial charge in [-0.2, -0.15) is 5.10 Å². The zero-order valence-electron chi connectivity index (χ0n) is 15.4. The zero-order chi connectivity index (χ0) is 20.2. The van der Waals surface area contributed by atoms with Gasteiger partial charge >= 0.3 is 5.97 Å². The minimum Gasteiger partial charge on any atom is -0.466 e. The van der Waals surface area contributed by atoms with Crippen LogP contribution in [0.2, 0.25) is 0 Å². The van der Waals surface area contributed by atoms with E-state index < -0.39 is 5.97 Å². The molecule has 0 bridgehead atoms. The average molecular weight is 404 g/mol. The summed E-state index contributed by atoms with van der Waals surface area (Å²) in [5.74, 6) is -0.509. The molecular weight excluding hydrogens is 388 g/mol. The van der Waals surface area contributed by atoms with E-state index in [0.29, 0.717) is 16.7 Å². The van der Waals surface area contributed by atoms with Gasteiger partial charge in [-0.25, -0.2) is 9.79 Å². The van der Waals surface area contributed by atoms with E-state index in [-0.39, 0.29) is 10.8 Å². The Hall–Kier alpha value is -3.65. The van der Waals surface area contributed by atoms with Gasteiger partial charge in [0.25, 0.3) is 5.91 Å². The van der Waals surface area contributed by atoms with Crippen molar-refractivity contribution in [2.75, 3.05) is 12.0 Å². The lowest BCUT2D eigenvalue weighted by Gasteiger charge is -2.14. The van der Waals surface area contributed by atoms with Crippen LogP contribution in [0.25, 0.3) is 11.3 Å². The zero-order valence-corrected chi connectivity index (χ0v) is 16.2. The van der Waals surface area contributed by atoms with Crippen molar-refractivity contribution in [3.05, 3.63) is 77.7 Å². The van der Waals surface area contributed by atoms with E-state index in [1.165, 1.54) is 18.1 Å². The molecule has 0 radical (unpaired) electrons. The van der Waals surface area contributed by atoms with Crippen LogP contribution in [0.15, 0.2) is 82.7 Å². The predicted octanol–water partition coefficient (Wildman–Crippen LogP) is 3.90. The number of carbonyl (C=O) groups is 2. The second kappa shape index (κ2) is 8.15. The van der Waals surface area contributed by atoms with Gasteiger partial charge in [0.15, 0.2) is 11.0 Å². The first kappa shape index (κ1) is 18.7. The van der Waals surface area contributed by atoms with Crippen LogP contribution in [-0.4, -0.2) is 34.4 Å². The summed E-state index contributed by atoms with van der Waals surface area (Å²) in [5, 5.41) is 7.60. The molecule has 0 unspecified atom stereocenters. The Morgan fingerprint density at radius 1 is 1.14 bits per heavy atom. The third-order valence-electron chi connectivity index (χ3n) is 4.13. The summed E-state index contributed by atoms with van der Waals surface area (Å²) >= 11 is 1.10. The topological polar surface area (TPSA) is 87.7 Å². The Labute approximate surface area is 171 Å². The molecule has 144 valence electrons. The second-order valence-electron chi connectivity index (χ2n) is 6.01. The number of thioether (sulfide) groups is 1. The molecule has 0 spiro atoms. The van der Waals surface area contributed by atoms with Crippen molar-refractivity contribution >= 4 is 40.3 Å². The first-order valence-electron chi connectivity index (χ1n) is 8.72. The molecule has 7 nitrogen and oxygen atoms in total. The Balaban J connectivity index is 1.72. The quantitative estimate of drug-likeness (QED) is 0.526. The summed E-state index contributed by atoms with van der Waals surface area (Å²) in [5.41, 5.74) is 2.44. The molecule has 0 saturated carbocycles. The molecule has 1 aromatic heterocycles. The highest BCUT2D eigenvalue weighted by atomic mass is 32.2. The highest BCUT2D eigenvalue weighted by Crippen LogP contribution is 2.36. The minimum absolute atomic E-state index is 0.235. The first-order valence-corrected chi connectivity index (χ1v) is 9.54. The van der Waals surface area contributed by atoms with E-state index in [9.17, 15) is 9.59 Å². The number of H-pyrrole nitrogens is 1. The van der Waals surface area contributed by atoms with Gasteiger partial charge < -0.3 is 4.74 Å². The summed E-state index contributed by atoms with van der Waals surface area (Å²) in [6, 6.07) is 20.7. The van der Waals surface area contributed by atoms with Crippen molar-refractivity contribution in [2.24, 2.45) is 4.99 Å². The molecule has 3 aromatic rings. The van der Waals surface area contributed by atoms with E-state index in [1.54, 1.807) is 18.2 Å². The van der Waals surface area contributed by atoms with Crippen LogP contribution < -0.4 is 4.90 Å². The fraction of sp³-hybridized carbons (Fsp3) is 0.0476. The van der Waals surface area contributed by atoms with Gasteiger partial charge in [0.1, 0.15) is 0 Å². The number of hydrogen-bond acceptors (Lipinski definition) is 6. The van der Waals surface area contributed by atoms with Crippen LogP contribution in [0.4, 0.5) is 11.5 Å². The van der Waals surface area contributed by atoms with E-state index in [2.05, 4.69) is 19.9 Å². The van der Waals surface area contributed by atoms with Gasteiger partial charge in [-0.05, 0) is 29.5 Å². The van der Waals surface area contributed by atoms with Crippen LogP contribution >= 0.6 is 11.8 Å². The summed E-state index contributed by atoms with van der Waals surface area (Å²) in [6.45, 7) is 0. The van der Waals surface area contributed by atoms with Crippen LogP contribution in [0.3, 0.4) is 0 Å². The molecule has 1 aliphatic rings. The molecule has 1 N–H and O–H groups in total. The molecule has 1 amide bonds. The van der Waals surface area contributed by atoms with Crippen molar-refractivity contribution in [1.29, 1.82) is 0 Å². The summed E-state index contributed by atoms with van der Waals surface area (Å²) in [6.07, 6.45) is 1.17. The summed E-state index contributed by atoms with van der Waals surface area (Å²) in [7, 11) is 1.27. The molecular formula is C21H16N4O3S. The number of benzene rings is 2. The number of aromatic nitrogens is 2. The van der Waals surface area contributed by atoms with Crippen molar-refractivity contribution in [2.45, 2.75) is 0 Å². The number of methoxy groups -OCH3 is 1. The number of esters is 1. The number of carbonyl (C=O) groups excluding carboxylic acids is 2. The Kier molecular flexibility index (Phi) is 5.26. The number of amidine groups is 1. The number of aliphatic imine (C=N–C) groups is 1. The minimum atomic E-state index is -0.596. The number of nitrogens with one attached hydrogen (secondary N) is 1. The van der Waals surface area contributed by atoms with Gasteiger partial charge in [0.2, 0.25) is 0 Å². The lowest BCUT2D eigenvalue weighted by molar-refractivity contribution is -0.135. The predicted molar refractivity (Wildman–Crippen MR) is 113 cm³/mol. The normalized spacial score (nSPS) is 16.6. The maximum absolute atomic E-state index is 12.9. The SMILES string of the molecule is COC(=O)/C=C1\SC(=Nc2cc(-c3ccccc3)[nH]n2)N(c2ccccc2)C1=O. The molecule has 4 rings (SSSR count). The first-order chi connectivity index (χ1) is 14.2. The fourth-order valence-electron chi connectivity index (χ4n) is 2.75. The molecule has 1 saturated heterocycles. The highest BCUT2D eigenvalue weighted by Gasteiger charge is 2.35. The number of ether oxygens (including phenoxy) is 1. The van der Waals surface area contributed by atoms with E-state index in [1.807, 2.05) is 48.5 Å². The largest absolute Gasteiger partial charge is 0.466 e. The smallest absolute Gasteiger partial charge is 0.331 e.